The first kappa shape index (κ1) is 24.1. The molecule has 5 aromatic rings. The SMILES string of the molecule is Cc1ccc(P2(c3ccc(C)cc3)(c3ccc(C)cc3)O[C@@H](c3ccc(Cl)cc3)c3ccccc32)cc1. The maximum atomic E-state index is 7.80. The summed E-state index contributed by atoms with van der Waals surface area (Å²) in [4.78, 5) is 0. The van der Waals surface area contributed by atoms with Crippen molar-refractivity contribution >= 4 is 39.6 Å². The summed E-state index contributed by atoms with van der Waals surface area (Å²) < 4.78 is 7.80. The van der Waals surface area contributed by atoms with Gasteiger partial charge in [-0.2, -0.15) is 0 Å². The Hall–Kier alpha value is -3.22. The second-order valence-electron chi connectivity index (χ2n) is 10.1. The normalized spacial score (nSPS) is 18.5. The van der Waals surface area contributed by atoms with Gasteiger partial charge in [0.2, 0.25) is 0 Å². The van der Waals surface area contributed by atoms with E-state index in [1.807, 2.05) is 12.1 Å². The fraction of sp³-hybridized carbons (Fsp3) is 0.118. The molecule has 184 valence electrons. The quantitative estimate of drug-likeness (QED) is 0.223. The summed E-state index contributed by atoms with van der Waals surface area (Å²) in [6, 6.07) is 43.9. The van der Waals surface area contributed by atoms with Gasteiger partial charge < -0.3 is 0 Å². The zero-order valence-electron chi connectivity index (χ0n) is 21.4. The molecule has 0 spiro atoms. The van der Waals surface area contributed by atoms with Crippen molar-refractivity contribution in [1.29, 1.82) is 0 Å². The van der Waals surface area contributed by atoms with E-state index in [2.05, 4.69) is 130 Å². The van der Waals surface area contributed by atoms with Gasteiger partial charge in [0, 0.05) is 0 Å². The molecule has 37 heavy (non-hydrogen) atoms. The fourth-order valence-electron chi connectivity index (χ4n) is 5.83. The number of hydrogen-bond donors (Lipinski definition) is 0. The molecular weight excluding hydrogens is 491 g/mol. The third kappa shape index (κ3) is 3.53. The first-order chi connectivity index (χ1) is 17.9. The fourth-order valence-corrected chi connectivity index (χ4v) is 12.0. The molecule has 0 aromatic heterocycles. The Bertz CT molecular complexity index is 1460. The van der Waals surface area contributed by atoms with Crippen molar-refractivity contribution < 1.29 is 4.52 Å². The molecule has 1 heterocycles. The monoisotopic (exact) mass is 520 g/mol. The zero-order chi connectivity index (χ0) is 25.6. The van der Waals surface area contributed by atoms with E-state index >= 15 is 0 Å². The van der Waals surface area contributed by atoms with Crippen LogP contribution in [-0.2, 0) is 4.52 Å². The van der Waals surface area contributed by atoms with Crippen molar-refractivity contribution in [2.45, 2.75) is 26.9 Å². The molecule has 1 nitrogen and oxygen atoms in total. The first-order valence-electron chi connectivity index (χ1n) is 12.7. The number of hydrogen-bond acceptors (Lipinski definition) is 1. The molecule has 0 saturated carbocycles. The third-order valence-corrected chi connectivity index (χ3v) is 13.8. The number of aryl methyl sites for hydroxylation is 3. The van der Waals surface area contributed by atoms with E-state index in [0.29, 0.717) is 0 Å². The Morgan fingerprint density at radius 3 is 1.43 bits per heavy atom. The van der Waals surface area contributed by atoms with E-state index in [1.54, 1.807) is 0 Å². The molecule has 0 radical (unpaired) electrons. The number of benzene rings is 5. The van der Waals surface area contributed by atoms with Gasteiger partial charge in [-0.05, 0) is 0 Å². The van der Waals surface area contributed by atoms with Gasteiger partial charge in [0.05, 0.1) is 0 Å². The van der Waals surface area contributed by atoms with Crippen molar-refractivity contribution in [3.8, 4) is 0 Å². The van der Waals surface area contributed by atoms with E-state index in [4.69, 9.17) is 16.1 Å². The van der Waals surface area contributed by atoms with Crippen molar-refractivity contribution in [3.05, 3.63) is 154 Å². The Morgan fingerprint density at radius 1 is 0.541 bits per heavy atom. The molecule has 1 aliphatic rings. The van der Waals surface area contributed by atoms with Crippen molar-refractivity contribution in [1.82, 2.24) is 0 Å². The summed E-state index contributed by atoms with van der Waals surface area (Å²) in [6.07, 6.45) is -0.227. The van der Waals surface area contributed by atoms with Gasteiger partial charge >= 0.3 is 225 Å². The van der Waals surface area contributed by atoms with Gasteiger partial charge in [-0.3, -0.25) is 0 Å². The zero-order valence-corrected chi connectivity index (χ0v) is 23.0. The minimum atomic E-state index is -3.63. The molecule has 0 amide bonds. The summed E-state index contributed by atoms with van der Waals surface area (Å²) >= 11 is 6.30. The second kappa shape index (κ2) is 8.96. The van der Waals surface area contributed by atoms with Gasteiger partial charge in [0.15, 0.2) is 0 Å². The summed E-state index contributed by atoms with van der Waals surface area (Å²) in [5.41, 5.74) is 6.01. The van der Waals surface area contributed by atoms with Crippen molar-refractivity contribution in [2.24, 2.45) is 0 Å². The molecule has 5 aromatic carbocycles. The summed E-state index contributed by atoms with van der Waals surface area (Å²) in [5, 5.41) is 5.64. The summed E-state index contributed by atoms with van der Waals surface area (Å²) in [5.74, 6) is 0. The van der Waals surface area contributed by atoms with Crippen LogP contribution in [0.2, 0.25) is 5.02 Å². The van der Waals surface area contributed by atoms with Crippen LogP contribution in [0.5, 0.6) is 0 Å². The Balaban J connectivity index is 1.80. The van der Waals surface area contributed by atoms with E-state index in [1.165, 1.54) is 43.5 Å². The van der Waals surface area contributed by atoms with E-state index < -0.39 is 6.83 Å². The standard InChI is InChI=1S/C34H30ClOP/c1-24-8-18-29(19-9-24)37(30-20-10-25(2)11-21-30,31-22-12-26(3)13-23-31)33-7-5-4-6-32(33)34(36-37)27-14-16-28(35)17-15-27/h4-23,34H,1-3H3/t34-/m0/s1. The van der Waals surface area contributed by atoms with E-state index in [-0.39, 0.29) is 6.10 Å². The minimum absolute atomic E-state index is 0.227. The average molecular weight is 521 g/mol. The van der Waals surface area contributed by atoms with Gasteiger partial charge in [0.1, 0.15) is 0 Å². The van der Waals surface area contributed by atoms with Crippen LogP contribution in [0.1, 0.15) is 33.9 Å². The van der Waals surface area contributed by atoms with E-state index in [0.717, 1.165) is 10.6 Å². The van der Waals surface area contributed by atoms with Crippen LogP contribution in [0.25, 0.3) is 0 Å². The van der Waals surface area contributed by atoms with Crippen molar-refractivity contribution in [3.63, 3.8) is 0 Å². The van der Waals surface area contributed by atoms with Gasteiger partial charge in [-0.1, -0.05) is 0 Å². The van der Waals surface area contributed by atoms with Gasteiger partial charge in [-0.15, -0.1) is 0 Å². The Morgan fingerprint density at radius 2 is 0.973 bits per heavy atom. The average Bonchev–Trinajstić information content (AvgIpc) is 3.24. The molecule has 0 N–H and O–H groups in total. The van der Waals surface area contributed by atoms with Crippen LogP contribution in [0.4, 0.5) is 0 Å². The van der Waals surface area contributed by atoms with Crippen LogP contribution in [0.3, 0.4) is 0 Å². The third-order valence-electron chi connectivity index (χ3n) is 7.75. The maximum absolute atomic E-state index is 7.80. The summed E-state index contributed by atoms with van der Waals surface area (Å²) in [6.45, 7) is 2.79. The Kier molecular flexibility index (Phi) is 5.85. The molecule has 1 atom stereocenters. The number of fused-ring (bicyclic) bond motifs is 1. The van der Waals surface area contributed by atoms with Crippen LogP contribution in [0, 0.1) is 20.8 Å². The number of rotatable bonds is 4. The van der Waals surface area contributed by atoms with Crippen molar-refractivity contribution in [2.75, 3.05) is 0 Å². The molecular formula is C34H30ClOP. The topological polar surface area (TPSA) is 9.23 Å². The van der Waals surface area contributed by atoms with E-state index in [9.17, 15) is 0 Å². The molecule has 3 heteroatoms. The predicted octanol–water partition coefficient (Wildman–Crippen LogP) is 7.45. The van der Waals surface area contributed by atoms with Crippen LogP contribution < -0.4 is 21.2 Å². The molecule has 0 aliphatic carbocycles. The molecule has 0 bridgehead atoms. The van der Waals surface area contributed by atoms with Gasteiger partial charge in [-0.25, -0.2) is 0 Å². The Labute approximate surface area is 224 Å². The molecule has 0 unspecified atom stereocenters. The molecule has 0 fully saturated rings. The van der Waals surface area contributed by atoms with Gasteiger partial charge in [0.25, 0.3) is 0 Å². The predicted molar refractivity (Wildman–Crippen MR) is 160 cm³/mol. The summed E-state index contributed by atoms with van der Waals surface area (Å²) in [7, 11) is 0. The van der Waals surface area contributed by atoms with Crippen LogP contribution in [0.15, 0.2) is 121 Å². The second-order valence-corrected chi connectivity index (χ2v) is 14.9. The molecule has 1 aliphatic heterocycles. The molecule has 6 rings (SSSR count). The van der Waals surface area contributed by atoms with Crippen LogP contribution >= 0.6 is 18.4 Å². The molecule has 0 saturated heterocycles. The van der Waals surface area contributed by atoms with Crippen LogP contribution in [-0.4, -0.2) is 0 Å². The first-order valence-corrected chi connectivity index (χ1v) is 15.2. The number of halogens is 1.